The predicted octanol–water partition coefficient (Wildman–Crippen LogP) is 2.40. The third-order valence-electron chi connectivity index (χ3n) is 4.58. The van der Waals surface area contributed by atoms with Crippen LogP contribution in [0.1, 0.15) is 37.8 Å². The smallest absolute Gasteiger partial charge is 0.269 e. The van der Waals surface area contributed by atoms with Gasteiger partial charge in [-0.1, -0.05) is 0 Å². The van der Waals surface area contributed by atoms with Crippen LogP contribution in [-0.2, 0) is 4.79 Å². The molecule has 0 aliphatic carbocycles. The van der Waals surface area contributed by atoms with E-state index in [0.29, 0.717) is 10.7 Å². The average molecular weight is 360 g/mol. The van der Waals surface area contributed by atoms with Crippen LogP contribution in [0.3, 0.4) is 0 Å². The fourth-order valence-electron chi connectivity index (χ4n) is 3.28. The Morgan fingerprint density at radius 1 is 1.24 bits per heavy atom. The van der Waals surface area contributed by atoms with Crippen molar-refractivity contribution >= 4 is 28.9 Å². The third kappa shape index (κ3) is 3.63. The van der Waals surface area contributed by atoms with Crippen molar-refractivity contribution in [2.75, 3.05) is 13.1 Å². The first-order valence-corrected chi connectivity index (χ1v) is 8.70. The molecule has 1 unspecified atom stereocenters. The average Bonchev–Trinajstić information content (AvgIpc) is 2.61. The number of nitro groups is 1. The van der Waals surface area contributed by atoms with E-state index in [1.54, 1.807) is 12.1 Å². The van der Waals surface area contributed by atoms with Crippen LogP contribution < -0.4 is 10.6 Å². The molecule has 2 aliphatic rings. The number of piperidine rings is 1. The van der Waals surface area contributed by atoms with E-state index in [1.165, 1.54) is 12.1 Å². The molecule has 1 atom stereocenters. The topological polar surface area (TPSA) is 87.5 Å². The molecule has 132 valence electrons. The van der Waals surface area contributed by atoms with Crippen molar-refractivity contribution in [2.24, 2.45) is 0 Å². The van der Waals surface area contributed by atoms with E-state index >= 15 is 0 Å². The van der Waals surface area contributed by atoms with E-state index < -0.39 is 11.0 Å². The van der Waals surface area contributed by atoms with Crippen LogP contribution >= 0.6 is 12.2 Å². The summed E-state index contributed by atoms with van der Waals surface area (Å²) in [5.74, 6) is -0.0111. The maximum Gasteiger partial charge on any atom is 0.269 e. The molecular formula is C17H20N4O3S. The van der Waals surface area contributed by atoms with Gasteiger partial charge in [0.1, 0.15) is 0 Å². The number of rotatable bonds is 3. The number of hydrogen-bond acceptors (Lipinski definition) is 4. The Balaban J connectivity index is 1.94. The summed E-state index contributed by atoms with van der Waals surface area (Å²) in [4.78, 5) is 25.4. The summed E-state index contributed by atoms with van der Waals surface area (Å²) in [5, 5.41) is 17.5. The van der Waals surface area contributed by atoms with Crippen molar-refractivity contribution in [3.8, 4) is 0 Å². The van der Waals surface area contributed by atoms with Gasteiger partial charge in [0.15, 0.2) is 5.11 Å². The first kappa shape index (κ1) is 17.3. The molecule has 0 radical (unpaired) electrons. The molecule has 0 aromatic heterocycles. The number of non-ortho nitro benzene ring substituents is 1. The Kier molecular flexibility index (Phi) is 4.98. The van der Waals surface area contributed by atoms with E-state index in [1.807, 2.05) is 11.8 Å². The second-order valence-corrected chi connectivity index (χ2v) is 6.68. The first-order chi connectivity index (χ1) is 12.0. The lowest BCUT2D eigenvalue weighted by Gasteiger charge is -2.34. The number of allylic oxidation sites excluding steroid dienone is 1. The second kappa shape index (κ2) is 7.18. The summed E-state index contributed by atoms with van der Waals surface area (Å²) in [5.41, 5.74) is 2.13. The molecule has 7 nitrogen and oxygen atoms in total. The fraction of sp³-hybridized carbons (Fsp3) is 0.412. The van der Waals surface area contributed by atoms with E-state index in [0.717, 1.165) is 43.6 Å². The summed E-state index contributed by atoms with van der Waals surface area (Å²) < 4.78 is 0. The molecular weight excluding hydrogens is 340 g/mol. The number of carbonyl (C=O) groups excluding carboxylic acids is 1. The number of carbonyl (C=O) groups is 1. The molecule has 1 saturated heterocycles. The molecule has 25 heavy (non-hydrogen) atoms. The number of nitrogens with zero attached hydrogens (tertiary/aromatic N) is 2. The Bertz CT molecular complexity index is 739. The van der Waals surface area contributed by atoms with E-state index in [-0.39, 0.29) is 11.6 Å². The van der Waals surface area contributed by atoms with Crippen LogP contribution in [0.5, 0.6) is 0 Å². The Morgan fingerprint density at radius 2 is 1.88 bits per heavy atom. The lowest BCUT2D eigenvalue weighted by molar-refractivity contribution is -0.384. The molecule has 1 fully saturated rings. The summed E-state index contributed by atoms with van der Waals surface area (Å²) in [6, 6.07) is 5.81. The van der Waals surface area contributed by atoms with Gasteiger partial charge in [0.2, 0.25) is 0 Å². The van der Waals surface area contributed by atoms with Gasteiger partial charge < -0.3 is 15.5 Å². The van der Waals surface area contributed by atoms with Crippen LogP contribution in [0.25, 0.3) is 0 Å². The minimum Gasteiger partial charge on any atom is -0.351 e. The summed E-state index contributed by atoms with van der Waals surface area (Å²) in [6.07, 6.45) is 3.17. The Hall–Kier alpha value is -2.48. The minimum absolute atomic E-state index is 0.0111. The van der Waals surface area contributed by atoms with Crippen LogP contribution in [0.15, 0.2) is 35.5 Å². The number of thiocarbonyl (C=S) groups is 1. The lowest BCUT2D eigenvalue weighted by Crippen LogP contribution is -2.48. The zero-order chi connectivity index (χ0) is 18.0. The monoisotopic (exact) mass is 360 g/mol. The van der Waals surface area contributed by atoms with Gasteiger partial charge in [0, 0.05) is 30.9 Å². The molecule has 3 rings (SSSR count). The van der Waals surface area contributed by atoms with E-state index in [9.17, 15) is 14.9 Å². The van der Waals surface area contributed by atoms with Gasteiger partial charge in [-0.15, -0.1) is 0 Å². The van der Waals surface area contributed by atoms with Crippen LogP contribution in [0.2, 0.25) is 0 Å². The van der Waals surface area contributed by atoms with Crippen molar-refractivity contribution in [3.63, 3.8) is 0 Å². The highest BCUT2D eigenvalue weighted by Gasteiger charge is 2.33. The lowest BCUT2D eigenvalue weighted by atomic mass is 9.93. The zero-order valence-electron chi connectivity index (χ0n) is 13.9. The standard InChI is InChI=1S/C17H20N4O3S/c1-11-14(16(22)20-9-3-2-4-10-20)15(19-17(25)18-11)12-5-7-13(8-6-12)21(23)24/h5-8,15H,2-4,9-10H2,1H3,(H2,18,19,25). The zero-order valence-corrected chi connectivity index (χ0v) is 14.8. The maximum atomic E-state index is 13.1. The van der Waals surface area contributed by atoms with Crippen molar-refractivity contribution < 1.29 is 9.72 Å². The number of hydrogen-bond donors (Lipinski definition) is 2. The number of nitrogens with one attached hydrogen (secondary N) is 2. The number of nitro benzene ring substituents is 1. The number of likely N-dealkylation sites (tertiary alicyclic amines) is 1. The molecule has 0 bridgehead atoms. The number of benzene rings is 1. The molecule has 2 heterocycles. The van der Waals surface area contributed by atoms with Crippen LogP contribution in [0.4, 0.5) is 5.69 Å². The molecule has 0 spiro atoms. The summed E-state index contributed by atoms with van der Waals surface area (Å²) >= 11 is 5.23. The van der Waals surface area contributed by atoms with Gasteiger partial charge in [-0.2, -0.15) is 0 Å². The van der Waals surface area contributed by atoms with Crippen molar-refractivity contribution in [1.29, 1.82) is 0 Å². The highest BCUT2D eigenvalue weighted by atomic mass is 32.1. The summed E-state index contributed by atoms with van der Waals surface area (Å²) in [7, 11) is 0. The Labute approximate surface area is 151 Å². The van der Waals surface area contributed by atoms with Gasteiger partial charge >= 0.3 is 0 Å². The molecule has 1 amide bonds. The summed E-state index contributed by atoms with van der Waals surface area (Å²) in [6.45, 7) is 3.35. The van der Waals surface area contributed by atoms with Gasteiger partial charge in [-0.05, 0) is 56.1 Å². The molecule has 1 aromatic carbocycles. The van der Waals surface area contributed by atoms with Gasteiger partial charge in [-0.3, -0.25) is 14.9 Å². The highest BCUT2D eigenvalue weighted by molar-refractivity contribution is 7.80. The molecule has 0 saturated carbocycles. The Morgan fingerprint density at radius 3 is 2.48 bits per heavy atom. The quantitative estimate of drug-likeness (QED) is 0.489. The minimum atomic E-state index is -0.439. The van der Waals surface area contributed by atoms with E-state index in [2.05, 4.69) is 10.6 Å². The van der Waals surface area contributed by atoms with Crippen molar-refractivity contribution in [2.45, 2.75) is 32.2 Å². The van der Waals surface area contributed by atoms with Gasteiger partial charge in [-0.25, -0.2) is 0 Å². The molecule has 8 heteroatoms. The van der Waals surface area contributed by atoms with Crippen molar-refractivity contribution in [1.82, 2.24) is 15.5 Å². The maximum absolute atomic E-state index is 13.1. The predicted molar refractivity (Wildman–Crippen MR) is 97.8 cm³/mol. The van der Waals surface area contributed by atoms with Crippen molar-refractivity contribution in [3.05, 3.63) is 51.2 Å². The molecule has 1 aromatic rings. The largest absolute Gasteiger partial charge is 0.351 e. The van der Waals surface area contributed by atoms with Crippen LogP contribution in [-0.4, -0.2) is 33.9 Å². The third-order valence-corrected chi connectivity index (χ3v) is 4.80. The highest BCUT2D eigenvalue weighted by Crippen LogP contribution is 2.30. The molecule has 2 N–H and O–H groups in total. The normalized spacial score (nSPS) is 20.8. The molecule has 2 aliphatic heterocycles. The first-order valence-electron chi connectivity index (χ1n) is 8.29. The number of amides is 1. The van der Waals surface area contributed by atoms with Gasteiger partial charge in [0.25, 0.3) is 11.6 Å². The van der Waals surface area contributed by atoms with Gasteiger partial charge in [0.05, 0.1) is 16.5 Å². The van der Waals surface area contributed by atoms with E-state index in [4.69, 9.17) is 12.2 Å². The SMILES string of the molecule is CC1=C(C(=O)N2CCCCC2)C(c2ccc([N+](=O)[O-])cc2)NC(=S)N1. The second-order valence-electron chi connectivity index (χ2n) is 6.27. The van der Waals surface area contributed by atoms with Crippen LogP contribution in [0, 0.1) is 10.1 Å². The fourth-order valence-corrected chi connectivity index (χ4v) is 3.55.